The lowest BCUT2D eigenvalue weighted by Crippen LogP contribution is -2.25. The van der Waals surface area contributed by atoms with Gasteiger partial charge >= 0.3 is 0 Å². The summed E-state index contributed by atoms with van der Waals surface area (Å²) in [5.74, 6) is 0. The average Bonchev–Trinajstić information content (AvgIpc) is 2.99. The summed E-state index contributed by atoms with van der Waals surface area (Å²) < 4.78 is 8.06. The van der Waals surface area contributed by atoms with E-state index in [2.05, 4.69) is 33.3 Å². The van der Waals surface area contributed by atoms with E-state index in [0.717, 1.165) is 25.9 Å². The Morgan fingerprint density at radius 3 is 3.06 bits per heavy atom. The highest BCUT2D eigenvalue weighted by Crippen LogP contribution is 2.22. The molecule has 0 spiro atoms. The number of fused-ring (bicyclic) bond motifs is 1. The van der Waals surface area contributed by atoms with Crippen molar-refractivity contribution in [2.24, 2.45) is 0 Å². The summed E-state index contributed by atoms with van der Waals surface area (Å²) in [5, 5.41) is 8.82. The van der Waals surface area contributed by atoms with Gasteiger partial charge in [0.25, 0.3) is 0 Å². The number of hydrogen-bond acceptors (Lipinski definition) is 3. The van der Waals surface area contributed by atoms with Gasteiger partial charge in [-0.15, -0.1) is 0 Å². The van der Waals surface area contributed by atoms with Gasteiger partial charge in [0.2, 0.25) is 0 Å². The van der Waals surface area contributed by atoms with Gasteiger partial charge in [-0.25, -0.2) is 0 Å². The lowest BCUT2D eigenvalue weighted by Gasteiger charge is -2.14. The van der Waals surface area contributed by atoms with Gasteiger partial charge in [-0.1, -0.05) is 18.2 Å². The Hall–Kier alpha value is -1.39. The molecule has 1 aromatic heterocycles. The standard InChI is InChI=1S/C14H19N3O/c1-15-9-12-6-7-13(18-12)10-17-14-5-3-2-4-11(14)8-16-17/h2-5,8,12-13,15H,6-7,9-10H2,1H3. The molecule has 0 radical (unpaired) electrons. The molecule has 0 saturated carbocycles. The fourth-order valence-electron chi connectivity index (χ4n) is 2.66. The van der Waals surface area contributed by atoms with Crippen LogP contribution in [0, 0.1) is 0 Å². The van der Waals surface area contributed by atoms with E-state index in [9.17, 15) is 0 Å². The van der Waals surface area contributed by atoms with Crippen LogP contribution in [0.15, 0.2) is 30.5 Å². The largest absolute Gasteiger partial charge is 0.372 e. The molecule has 3 rings (SSSR count). The van der Waals surface area contributed by atoms with Crippen molar-refractivity contribution in [3.8, 4) is 0 Å². The molecule has 0 aliphatic carbocycles. The lowest BCUT2D eigenvalue weighted by atomic mass is 10.2. The minimum Gasteiger partial charge on any atom is -0.372 e. The Balaban J connectivity index is 1.70. The second kappa shape index (κ2) is 5.08. The van der Waals surface area contributed by atoms with Crippen molar-refractivity contribution in [3.63, 3.8) is 0 Å². The van der Waals surface area contributed by atoms with Crippen LogP contribution < -0.4 is 5.32 Å². The van der Waals surface area contributed by atoms with Crippen molar-refractivity contribution in [2.75, 3.05) is 13.6 Å². The fourth-order valence-corrected chi connectivity index (χ4v) is 2.66. The fraction of sp³-hybridized carbons (Fsp3) is 0.500. The number of likely N-dealkylation sites (N-methyl/N-ethyl adjacent to an activating group) is 1. The highest BCUT2D eigenvalue weighted by Gasteiger charge is 2.25. The van der Waals surface area contributed by atoms with Gasteiger partial charge in [-0.2, -0.15) is 5.10 Å². The summed E-state index contributed by atoms with van der Waals surface area (Å²) in [6, 6.07) is 8.31. The topological polar surface area (TPSA) is 39.1 Å². The quantitative estimate of drug-likeness (QED) is 0.892. The van der Waals surface area contributed by atoms with E-state index < -0.39 is 0 Å². The highest BCUT2D eigenvalue weighted by atomic mass is 16.5. The Morgan fingerprint density at radius 1 is 1.33 bits per heavy atom. The second-order valence-corrected chi connectivity index (χ2v) is 4.90. The minimum absolute atomic E-state index is 0.298. The van der Waals surface area contributed by atoms with Gasteiger partial charge in [-0.05, 0) is 26.0 Å². The zero-order valence-corrected chi connectivity index (χ0v) is 10.7. The number of nitrogens with zero attached hydrogens (tertiary/aromatic N) is 2. The molecule has 2 unspecified atom stereocenters. The van der Waals surface area contributed by atoms with Crippen molar-refractivity contribution >= 4 is 10.9 Å². The van der Waals surface area contributed by atoms with Gasteiger partial charge in [0.15, 0.2) is 0 Å². The smallest absolute Gasteiger partial charge is 0.0776 e. The molecule has 2 atom stereocenters. The van der Waals surface area contributed by atoms with Crippen molar-refractivity contribution in [1.29, 1.82) is 0 Å². The molecule has 1 fully saturated rings. The summed E-state index contributed by atoms with van der Waals surface area (Å²) in [5.41, 5.74) is 1.19. The van der Waals surface area contributed by atoms with E-state index in [0.29, 0.717) is 12.2 Å². The van der Waals surface area contributed by atoms with Crippen LogP contribution in [0.25, 0.3) is 10.9 Å². The van der Waals surface area contributed by atoms with E-state index in [1.54, 1.807) is 0 Å². The van der Waals surface area contributed by atoms with Crippen molar-refractivity contribution < 1.29 is 4.74 Å². The maximum absolute atomic E-state index is 6.00. The third kappa shape index (κ3) is 2.26. The van der Waals surface area contributed by atoms with Crippen LogP contribution in [0.2, 0.25) is 0 Å². The van der Waals surface area contributed by atoms with Gasteiger partial charge < -0.3 is 10.1 Å². The molecule has 1 saturated heterocycles. The van der Waals surface area contributed by atoms with Crippen LogP contribution in [0.3, 0.4) is 0 Å². The first-order valence-electron chi connectivity index (χ1n) is 6.57. The third-order valence-electron chi connectivity index (χ3n) is 3.55. The Morgan fingerprint density at radius 2 is 2.17 bits per heavy atom. The molecule has 2 aromatic rings. The van der Waals surface area contributed by atoms with Crippen LogP contribution in [0.1, 0.15) is 12.8 Å². The molecule has 18 heavy (non-hydrogen) atoms. The van der Waals surface area contributed by atoms with Crippen LogP contribution in [-0.2, 0) is 11.3 Å². The SMILES string of the molecule is CNCC1CCC(Cn2ncc3ccccc32)O1. The summed E-state index contributed by atoms with van der Waals surface area (Å²) in [6.07, 6.45) is 4.86. The van der Waals surface area contributed by atoms with E-state index in [-0.39, 0.29) is 0 Å². The van der Waals surface area contributed by atoms with E-state index in [4.69, 9.17) is 4.74 Å². The first-order chi connectivity index (χ1) is 8.86. The zero-order chi connectivity index (χ0) is 12.4. The van der Waals surface area contributed by atoms with Gasteiger partial charge in [-0.3, -0.25) is 4.68 Å². The van der Waals surface area contributed by atoms with E-state index >= 15 is 0 Å². The summed E-state index contributed by atoms with van der Waals surface area (Å²) in [6.45, 7) is 1.80. The molecule has 1 aliphatic rings. The maximum atomic E-state index is 6.00. The Labute approximate surface area is 107 Å². The normalized spacial score (nSPS) is 23.8. The van der Waals surface area contributed by atoms with E-state index in [1.807, 2.05) is 19.3 Å². The summed E-state index contributed by atoms with van der Waals surface area (Å²) >= 11 is 0. The van der Waals surface area contributed by atoms with Gasteiger partial charge in [0.05, 0.1) is 30.5 Å². The Bertz CT molecular complexity index is 522. The number of hydrogen-bond donors (Lipinski definition) is 1. The van der Waals surface area contributed by atoms with E-state index in [1.165, 1.54) is 10.9 Å². The average molecular weight is 245 g/mol. The van der Waals surface area contributed by atoms with Crippen LogP contribution in [0.5, 0.6) is 0 Å². The van der Waals surface area contributed by atoms with Crippen molar-refractivity contribution in [2.45, 2.75) is 31.6 Å². The number of aromatic nitrogens is 2. The van der Waals surface area contributed by atoms with Crippen LogP contribution in [0.4, 0.5) is 0 Å². The van der Waals surface area contributed by atoms with Gasteiger partial charge in [0.1, 0.15) is 0 Å². The molecular weight excluding hydrogens is 226 g/mol. The van der Waals surface area contributed by atoms with Crippen LogP contribution >= 0.6 is 0 Å². The summed E-state index contributed by atoms with van der Waals surface area (Å²) in [4.78, 5) is 0. The molecule has 1 aliphatic heterocycles. The predicted octanol–water partition coefficient (Wildman–Crippen LogP) is 1.80. The molecular formula is C14H19N3O. The van der Waals surface area contributed by atoms with Gasteiger partial charge in [0, 0.05) is 11.9 Å². The molecule has 1 N–H and O–H groups in total. The molecule has 4 nitrogen and oxygen atoms in total. The molecule has 0 bridgehead atoms. The second-order valence-electron chi connectivity index (χ2n) is 4.90. The summed E-state index contributed by atoms with van der Waals surface area (Å²) in [7, 11) is 1.97. The molecule has 1 aromatic carbocycles. The lowest BCUT2D eigenvalue weighted by molar-refractivity contribution is 0.0359. The Kier molecular flexibility index (Phi) is 3.30. The molecule has 4 heteroatoms. The molecule has 0 amide bonds. The first-order valence-corrected chi connectivity index (χ1v) is 6.57. The number of nitrogens with one attached hydrogen (secondary N) is 1. The predicted molar refractivity (Wildman–Crippen MR) is 71.6 cm³/mol. The van der Waals surface area contributed by atoms with Crippen molar-refractivity contribution in [1.82, 2.24) is 15.1 Å². The maximum Gasteiger partial charge on any atom is 0.0776 e. The van der Waals surface area contributed by atoms with Crippen molar-refractivity contribution in [3.05, 3.63) is 30.5 Å². The first kappa shape index (κ1) is 11.7. The number of ether oxygens (including phenoxy) is 1. The monoisotopic (exact) mass is 245 g/mol. The molecule has 96 valence electrons. The highest BCUT2D eigenvalue weighted by molar-refractivity contribution is 5.78. The number of benzene rings is 1. The third-order valence-corrected chi connectivity index (χ3v) is 3.55. The number of rotatable bonds is 4. The van der Waals surface area contributed by atoms with Crippen LogP contribution in [-0.4, -0.2) is 35.6 Å². The minimum atomic E-state index is 0.298. The number of para-hydroxylation sites is 1. The molecule has 2 heterocycles. The zero-order valence-electron chi connectivity index (χ0n) is 10.7.